The van der Waals surface area contributed by atoms with Crippen molar-refractivity contribution >= 4 is 45.8 Å². The van der Waals surface area contributed by atoms with Crippen LogP contribution >= 0.6 is 11.6 Å². The fourth-order valence-electron chi connectivity index (χ4n) is 4.57. The van der Waals surface area contributed by atoms with Gasteiger partial charge in [0.1, 0.15) is 18.1 Å². The Hall–Kier alpha value is -4.36. The first-order chi connectivity index (χ1) is 18.4. The molecule has 5 rings (SSSR count). The number of nitrogens with zero attached hydrogens (tertiary/aromatic N) is 1. The quantitative estimate of drug-likeness (QED) is 0.256. The zero-order chi connectivity index (χ0) is 26.8. The van der Waals surface area contributed by atoms with Gasteiger partial charge in [0.05, 0.1) is 34.9 Å². The first-order valence-corrected chi connectivity index (χ1v) is 12.6. The number of imide groups is 1. The van der Waals surface area contributed by atoms with Gasteiger partial charge in [-0.05, 0) is 29.7 Å². The van der Waals surface area contributed by atoms with Gasteiger partial charge in [0.2, 0.25) is 0 Å². The van der Waals surface area contributed by atoms with Crippen LogP contribution in [0.1, 0.15) is 45.2 Å². The van der Waals surface area contributed by atoms with E-state index in [4.69, 9.17) is 26.2 Å². The lowest BCUT2D eigenvalue weighted by atomic mass is 9.99. The van der Waals surface area contributed by atoms with Crippen LogP contribution in [0, 0.1) is 0 Å². The predicted octanol–water partition coefficient (Wildman–Crippen LogP) is 6.29. The Morgan fingerprint density at radius 1 is 0.842 bits per heavy atom. The SMILES string of the molecule is CCCOc1c2c(c(OCc3ccccc3)c3ccccc13)C(=O)N(c1ccc(CC(=O)O)cc1Cl)C2=O. The van der Waals surface area contributed by atoms with Gasteiger partial charge in [-0.3, -0.25) is 14.4 Å². The predicted molar refractivity (Wildman–Crippen MR) is 144 cm³/mol. The number of fused-ring (bicyclic) bond motifs is 2. The summed E-state index contributed by atoms with van der Waals surface area (Å²) >= 11 is 6.47. The van der Waals surface area contributed by atoms with Gasteiger partial charge in [-0.2, -0.15) is 0 Å². The lowest BCUT2D eigenvalue weighted by Crippen LogP contribution is -2.29. The highest BCUT2D eigenvalue weighted by Crippen LogP contribution is 2.47. The number of carbonyl (C=O) groups excluding carboxylic acids is 2. The van der Waals surface area contributed by atoms with Crippen LogP contribution in [0.2, 0.25) is 5.02 Å². The fourth-order valence-corrected chi connectivity index (χ4v) is 4.86. The third-order valence-electron chi connectivity index (χ3n) is 6.24. The Morgan fingerprint density at radius 3 is 2.03 bits per heavy atom. The number of ether oxygens (including phenoxy) is 2. The molecule has 0 bridgehead atoms. The maximum atomic E-state index is 13.9. The van der Waals surface area contributed by atoms with Gasteiger partial charge in [-0.15, -0.1) is 0 Å². The molecule has 0 saturated carbocycles. The van der Waals surface area contributed by atoms with E-state index in [1.807, 2.05) is 61.5 Å². The molecule has 192 valence electrons. The highest BCUT2D eigenvalue weighted by molar-refractivity contribution is 6.41. The summed E-state index contributed by atoms with van der Waals surface area (Å²) in [4.78, 5) is 40.0. The van der Waals surface area contributed by atoms with Crippen LogP contribution in [0.15, 0.2) is 72.8 Å². The number of benzene rings is 4. The van der Waals surface area contributed by atoms with Crippen LogP contribution in [-0.4, -0.2) is 29.5 Å². The summed E-state index contributed by atoms with van der Waals surface area (Å²) in [6.45, 7) is 2.50. The maximum Gasteiger partial charge on any atom is 0.307 e. The van der Waals surface area contributed by atoms with Gasteiger partial charge in [-0.25, -0.2) is 4.90 Å². The van der Waals surface area contributed by atoms with Crippen LogP contribution in [0.4, 0.5) is 5.69 Å². The fraction of sp³-hybridized carbons (Fsp3) is 0.167. The van der Waals surface area contributed by atoms with E-state index in [2.05, 4.69) is 0 Å². The standard InChI is InChI=1S/C30H24ClNO6/c1-2-14-37-27-20-10-6-7-11-21(20)28(38-17-18-8-4-3-5-9-18)26-25(27)29(35)32(30(26)36)23-13-12-19(15-22(23)31)16-24(33)34/h3-13,15H,2,14,16-17H2,1H3,(H,33,34). The Kier molecular flexibility index (Phi) is 7.03. The summed E-state index contributed by atoms with van der Waals surface area (Å²) < 4.78 is 12.3. The molecule has 0 atom stereocenters. The van der Waals surface area contributed by atoms with E-state index >= 15 is 0 Å². The summed E-state index contributed by atoms with van der Waals surface area (Å²) in [5.41, 5.74) is 1.75. The molecule has 0 saturated heterocycles. The Labute approximate surface area is 224 Å². The van der Waals surface area contributed by atoms with Crippen molar-refractivity contribution in [3.05, 3.63) is 100 Å². The molecular formula is C30H24ClNO6. The maximum absolute atomic E-state index is 13.9. The Balaban J connectivity index is 1.67. The van der Waals surface area contributed by atoms with Crippen LogP contribution in [0.3, 0.4) is 0 Å². The van der Waals surface area contributed by atoms with E-state index in [1.54, 1.807) is 0 Å². The smallest absolute Gasteiger partial charge is 0.307 e. The molecule has 0 aromatic heterocycles. The van der Waals surface area contributed by atoms with Crippen molar-refractivity contribution in [1.29, 1.82) is 0 Å². The van der Waals surface area contributed by atoms with Gasteiger partial charge in [-0.1, -0.05) is 79.2 Å². The van der Waals surface area contributed by atoms with Crippen molar-refractivity contribution in [3.8, 4) is 11.5 Å². The lowest BCUT2D eigenvalue weighted by Gasteiger charge is -2.17. The lowest BCUT2D eigenvalue weighted by molar-refractivity contribution is -0.136. The molecule has 7 nitrogen and oxygen atoms in total. The average Bonchev–Trinajstić information content (AvgIpc) is 3.16. The van der Waals surface area contributed by atoms with Crippen LogP contribution in [0.25, 0.3) is 10.8 Å². The van der Waals surface area contributed by atoms with Gasteiger partial charge in [0, 0.05) is 10.8 Å². The first-order valence-electron chi connectivity index (χ1n) is 12.2. The van der Waals surface area contributed by atoms with Gasteiger partial charge < -0.3 is 14.6 Å². The minimum absolute atomic E-state index is 0.0885. The molecule has 0 radical (unpaired) electrons. The Morgan fingerprint density at radius 2 is 1.45 bits per heavy atom. The minimum atomic E-state index is -1.01. The summed E-state index contributed by atoms with van der Waals surface area (Å²) in [6.07, 6.45) is 0.470. The third-order valence-corrected chi connectivity index (χ3v) is 6.54. The number of hydrogen-bond donors (Lipinski definition) is 1. The first kappa shape index (κ1) is 25.3. The van der Waals surface area contributed by atoms with Crippen molar-refractivity contribution in [2.24, 2.45) is 0 Å². The normalized spacial score (nSPS) is 12.6. The number of anilines is 1. The number of hydrogen-bond acceptors (Lipinski definition) is 5. The van der Waals surface area contributed by atoms with E-state index in [0.717, 1.165) is 10.5 Å². The number of carbonyl (C=O) groups is 3. The number of carboxylic acid groups (broad SMARTS) is 1. The second kappa shape index (κ2) is 10.6. The summed E-state index contributed by atoms with van der Waals surface area (Å²) in [7, 11) is 0. The van der Waals surface area contributed by atoms with E-state index < -0.39 is 17.8 Å². The van der Waals surface area contributed by atoms with Gasteiger partial charge >= 0.3 is 5.97 Å². The van der Waals surface area contributed by atoms with E-state index in [0.29, 0.717) is 40.9 Å². The summed E-state index contributed by atoms with van der Waals surface area (Å²) in [6, 6.07) is 21.4. The molecule has 1 N–H and O–H groups in total. The molecular weight excluding hydrogens is 506 g/mol. The van der Waals surface area contributed by atoms with Gasteiger partial charge in [0.25, 0.3) is 11.8 Å². The van der Waals surface area contributed by atoms with Crippen molar-refractivity contribution in [3.63, 3.8) is 0 Å². The largest absolute Gasteiger partial charge is 0.492 e. The number of carboxylic acids is 1. The second-order valence-corrected chi connectivity index (χ2v) is 9.29. The number of rotatable bonds is 9. The number of aliphatic carboxylic acids is 1. The topological polar surface area (TPSA) is 93.1 Å². The van der Waals surface area contributed by atoms with Crippen LogP contribution in [0.5, 0.6) is 11.5 Å². The molecule has 2 amide bonds. The van der Waals surface area contributed by atoms with Gasteiger partial charge in [0.15, 0.2) is 0 Å². The third kappa shape index (κ3) is 4.57. The van der Waals surface area contributed by atoms with Crippen LogP contribution in [-0.2, 0) is 17.8 Å². The van der Waals surface area contributed by atoms with E-state index in [1.165, 1.54) is 18.2 Å². The van der Waals surface area contributed by atoms with Crippen molar-refractivity contribution in [1.82, 2.24) is 0 Å². The second-order valence-electron chi connectivity index (χ2n) is 8.88. The van der Waals surface area contributed by atoms with Crippen molar-refractivity contribution in [2.75, 3.05) is 11.5 Å². The minimum Gasteiger partial charge on any atom is -0.492 e. The Bertz CT molecular complexity index is 1570. The zero-order valence-corrected chi connectivity index (χ0v) is 21.3. The van der Waals surface area contributed by atoms with Crippen molar-refractivity contribution in [2.45, 2.75) is 26.4 Å². The van der Waals surface area contributed by atoms with E-state index in [9.17, 15) is 14.4 Å². The highest BCUT2D eigenvalue weighted by atomic mass is 35.5. The average molecular weight is 530 g/mol. The van der Waals surface area contributed by atoms with Crippen LogP contribution < -0.4 is 14.4 Å². The van der Waals surface area contributed by atoms with Crippen molar-refractivity contribution < 1.29 is 29.0 Å². The molecule has 0 unspecified atom stereocenters. The number of halogens is 1. The molecule has 38 heavy (non-hydrogen) atoms. The molecule has 1 heterocycles. The summed E-state index contributed by atoms with van der Waals surface area (Å²) in [5, 5.41) is 10.5. The summed E-state index contributed by atoms with van der Waals surface area (Å²) in [5.74, 6) is -1.57. The zero-order valence-electron chi connectivity index (χ0n) is 20.6. The molecule has 0 spiro atoms. The number of amides is 2. The molecule has 4 aromatic carbocycles. The highest BCUT2D eigenvalue weighted by Gasteiger charge is 2.44. The monoisotopic (exact) mass is 529 g/mol. The molecule has 8 heteroatoms. The van der Waals surface area contributed by atoms with E-state index in [-0.39, 0.29) is 34.9 Å². The molecule has 0 fully saturated rings. The molecule has 1 aliphatic rings. The molecule has 4 aromatic rings. The molecule has 1 aliphatic heterocycles. The molecule has 0 aliphatic carbocycles.